The Morgan fingerprint density at radius 3 is 2.45 bits per heavy atom. The lowest BCUT2D eigenvalue weighted by Gasteiger charge is -2.33. The molecule has 0 atom stereocenters. The predicted octanol–water partition coefficient (Wildman–Crippen LogP) is -0.791. The SMILES string of the molecule is CN=C(NCC(=O)NCCOC)N1CCC(C(=O)OC)CC1. The van der Waals surface area contributed by atoms with Crippen LogP contribution in [0.2, 0.25) is 0 Å². The summed E-state index contributed by atoms with van der Waals surface area (Å²) in [5.41, 5.74) is 0. The number of esters is 1. The molecule has 8 heteroatoms. The molecule has 1 rings (SSSR count). The number of aliphatic imine (C=N–C) groups is 1. The van der Waals surface area contributed by atoms with Crippen LogP contribution in [0.15, 0.2) is 4.99 Å². The standard InChI is InChI=1S/C14H26N4O4/c1-15-14(17-10-12(19)16-6-9-21-2)18-7-4-11(5-8-18)13(20)22-3/h11H,4-10H2,1-3H3,(H,15,17)(H,16,19). The van der Waals surface area contributed by atoms with Crippen molar-refractivity contribution >= 4 is 17.8 Å². The average molecular weight is 314 g/mol. The van der Waals surface area contributed by atoms with Gasteiger partial charge in [0.25, 0.3) is 0 Å². The quantitative estimate of drug-likeness (QED) is 0.289. The van der Waals surface area contributed by atoms with Crippen molar-refractivity contribution in [3.8, 4) is 0 Å². The number of likely N-dealkylation sites (tertiary alicyclic amines) is 1. The zero-order valence-corrected chi connectivity index (χ0v) is 13.6. The molecule has 8 nitrogen and oxygen atoms in total. The van der Waals surface area contributed by atoms with Crippen LogP contribution in [0.4, 0.5) is 0 Å². The minimum atomic E-state index is -0.153. The van der Waals surface area contributed by atoms with Crippen LogP contribution < -0.4 is 10.6 Å². The first-order chi connectivity index (χ1) is 10.6. The van der Waals surface area contributed by atoms with E-state index < -0.39 is 0 Å². The number of hydrogen-bond acceptors (Lipinski definition) is 5. The zero-order valence-electron chi connectivity index (χ0n) is 13.6. The van der Waals surface area contributed by atoms with Crippen molar-refractivity contribution in [2.75, 3.05) is 54.1 Å². The Hall–Kier alpha value is -1.83. The second-order valence-electron chi connectivity index (χ2n) is 5.03. The van der Waals surface area contributed by atoms with E-state index in [1.165, 1.54) is 7.11 Å². The molecule has 2 N–H and O–H groups in total. The summed E-state index contributed by atoms with van der Waals surface area (Å²) in [6.07, 6.45) is 1.46. The van der Waals surface area contributed by atoms with Crippen LogP contribution in [0, 0.1) is 5.92 Å². The lowest BCUT2D eigenvalue weighted by Crippen LogP contribution is -2.49. The monoisotopic (exact) mass is 314 g/mol. The van der Waals surface area contributed by atoms with Gasteiger partial charge in [-0.1, -0.05) is 0 Å². The van der Waals surface area contributed by atoms with Gasteiger partial charge < -0.3 is 25.0 Å². The average Bonchev–Trinajstić information content (AvgIpc) is 2.55. The molecule has 0 unspecified atom stereocenters. The number of ether oxygens (including phenoxy) is 2. The fourth-order valence-electron chi connectivity index (χ4n) is 2.34. The first kappa shape index (κ1) is 18.2. The number of amides is 1. The molecule has 1 saturated heterocycles. The molecule has 1 aliphatic heterocycles. The summed E-state index contributed by atoms with van der Waals surface area (Å²) in [5.74, 6) is 0.365. The van der Waals surface area contributed by atoms with Crippen LogP contribution in [0.3, 0.4) is 0 Å². The summed E-state index contributed by atoms with van der Waals surface area (Å²) in [7, 11) is 4.68. The molecule has 0 aromatic carbocycles. The van der Waals surface area contributed by atoms with E-state index in [2.05, 4.69) is 15.6 Å². The summed E-state index contributed by atoms with van der Waals surface area (Å²) < 4.78 is 9.64. The molecule has 22 heavy (non-hydrogen) atoms. The van der Waals surface area contributed by atoms with E-state index in [0.717, 1.165) is 12.8 Å². The number of methoxy groups -OCH3 is 2. The highest BCUT2D eigenvalue weighted by atomic mass is 16.5. The van der Waals surface area contributed by atoms with Crippen molar-refractivity contribution in [2.24, 2.45) is 10.9 Å². The summed E-state index contributed by atoms with van der Waals surface area (Å²) in [6, 6.07) is 0. The van der Waals surface area contributed by atoms with E-state index in [1.807, 2.05) is 4.90 Å². The van der Waals surface area contributed by atoms with Gasteiger partial charge in [0.2, 0.25) is 5.91 Å². The molecule has 1 amide bonds. The van der Waals surface area contributed by atoms with Crippen molar-refractivity contribution < 1.29 is 19.1 Å². The van der Waals surface area contributed by atoms with Gasteiger partial charge in [0.1, 0.15) is 0 Å². The van der Waals surface area contributed by atoms with E-state index in [9.17, 15) is 9.59 Å². The lowest BCUT2D eigenvalue weighted by atomic mass is 9.97. The molecule has 1 heterocycles. The first-order valence-corrected chi connectivity index (χ1v) is 7.41. The zero-order chi connectivity index (χ0) is 16.4. The summed E-state index contributed by atoms with van der Waals surface area (Å²) in [5, 5.41) is 5.77. The number of guanidine groups is 1. The van der Waals surface area contributed by atoms with Crippen LogP contribution >= 0.6 is 0 Å². The van der Waals surface area contributed by atoms with Crippen molar-refractivity contribution in [3.63, 3.8) is 0 Å². The number of nitrogens with one attached hydrogen (secondary N) is 2. The van der Waals surface area contributed by atoms with Crippen LogP contribution in [0.25, 0.3) is 0 Å². The lowest BCUT2D eigenvalue weighted by molar-refractivity contribution is -0.146. The number of nitrogens with zero attached hydrogens (tertiary/aromatic N) is 2. The second-order valence-corrected chi connectivity index (χ2v) is 5.03. The topological polar surface area (TPSA) is 92.3 Å². The van der Waals surface area contributed by atoms with Crippen molar-refractivity contribution in [3.05, 3.63) is 0 Å². The third-order valence-corrected chi connectivity index (χ3v) is 3.58. The molecular formula is C14H26N4O4. The summed E-state index contributed by atoms with van der Waals surface area (Å²) >= 11 is 0. The Labute approximate surface area is 131 Å². The fourth-order valence-corrected chi connectivity index (χ4v) is 2.34. The molecule has 0 bridgehead atoms. The van der Waals surface area contributed by atoms with Gasteiger partial charge in [0, 0.05) is 33.8 Å². The Bertz CT molecular complexity index is 392. The summed E-state index contributed by atoms with van der Waals surface area (Å²) in [4.78, 5) is 29.4. The normalized spacial score (nSPS) is 16.3. The first-order valence-electron chi connectivity index (χ1n) is 7.41. The Morgan fingerprint density at radius 1 is 1.23 bits per heavy atom. The van der Waals surface area contributed by atoms with Crippen molar-refractivity contribution in [1.82, 2.24) is 15.5 Å². The molecule has 0 aromatic rings. The Kier molecular flexibility index (Phi) is 8.27. The van der Waals surface area contributed by atoms with Crippen molar-refractivity contribution in [2.45, 2.75) is 12.8 Å². The molecule has 1 aliphatic rings. The van der Waals surface area contributed by atoms with Gasteiger partial charge in [0.05, 0.1) is 26.2 Å². The smallest absolute Gasteiger partial charge is 0.308 e. The molecule has 0 aliphatic carbocycles. The molecule has 0 radical (unpaired) electrons. The van der Waals surface area contributed by atoms with Gasteiger partial charge in [-0.2, -0.15) is 0 Å². The van der Waals surface area contributed by atoms with Crippen molar-refractivity contribution in [1.29, 1.82) is 0 Å². The maximum Gasteiger partial charge on any atom is 0.308 e. The van der Waals surface area contributed by atoms with Gasteiger partial charge >= 0.3 is 5.97 Å². The maximum atomic E-state index is 11.6. The van der Waals surface area contributed by atoms with E-state index in [1.54, 1.807) is 14.2 Å². The third-order valence-electron chi connectivity index (χ3n) is 3.58. The Morgan fingerprint density at radius 2 is 1.91 bits per heavy atom. The van der Waals surface area contributed by atoms with E-state index in [0.29, 0.717) is 32.2 Å². The minimum absolute atomic E-state index is 0.0447. The predicted molar refractivity (Wildman–Crippen MR) is 82.6 cm³/mol. The molecule has 0 saturated carbocycles. The molecule has 0 aromatic heterocycles. The highest BCUT2D eigenvalue weighted by Gasteiger charge is 2.27. The number of rotatable bonds is 6. The second kappa shape index (κ2) is 9.99. The number of carbonyl (C=O) groups is 2. The van der Waals surface area contributed by atoms with Gasteiger partial charge in [-0.3, -0.25) is 14.6 Å². The number of carbonyl (C=O) groups excluding carboxylic acids is 2. The van der Waals surface area contributed by atoms with E-state index in [-0.39, 0.29) is 24.3 Å². The third kappa shape index (κ3) is 5.88. The van der Waals surface area contributed by atoms with Crippen LogP contribution in [-0.4, -0.2) is 76.8 Å². The van der Waals surface area contributed by atoms with Crippen LogP contribution in [-0.2, 0) is 19.1 Å². The molecule has 1 fully saturated rings. The maximum absolute atomic E-state index is 11.6. The fraction of sp³-hybridized carbons (Fsp3) is 0.786. The highest BCUT2D eigenvalue weighted by molar-refractivity contribution is 5.86. The Balaban J connectivity index is 2.34. The van der Waals surface area contributed by atoms with Gasteiger partial charge in [-0.05, 0) is 12.8 Å². The highest BCUT2D eigenvalue weighted by Crippen LogP contribution is 2.18. The molecular weight excluding hydrogens is 288 g/mol. The number of hydrogen-bond donors (Lipinski definition) is 2. The minimum Gasteiger partial charge on any atom is -0.469 e. The van der Waals surface area contributed by atoms with Gasteiger partial charge in [-0.25, -0.2) is 0 Å². The van der Waals surface area contributed by atoms with Crippen LogP contribution in [0.1, 0.15) is 12.8 Å². The van der Waals surface area contributed by atoms with E-state index >= 15 is 0 Å². The summed E-state index contributed by atoms with van der Waals surface area (Å²) in [6.45, 7) is 2.56. The van der Waals surface area contributed by atoms with Gasteiger partial charge in [-0.15, -0.1) is 0 Å². The van der Waals surface area contributed by atoms with Gasteiger partial charge in [0.15, 0.2) is 5.96 Å². The number of piperidine rings is 1. The molecule has 0 spiro atoms. The largest absolute Gasteiger partial charge is 0.469 e. The molecule has 126 valence electrons. The van der Waals surface area contributed by atoms with Crippen LogP contribution in [0.5, 0.6) is 0 Å². The van der Waals surface area contributed by atoms with E-state index in [4.69, 9.17) is 9.47 Å².